The van der Waals surface area contributed by atoms with E-state index in [0.717, 1.165) is 29.9 Å². The van der Waals surface area contributed by atoms with Crippen LogP contribution in [0.4, 0.5) is 5.82 Å². The van der Waals surface area contributed by atoms with Crippen LogP contribution in [0.2, 0.25) is 0 Å². The molecular weight excluding hydrogens is 278 g/mol. The highest BCUT2D eigenvalue weighted by Crippen LogP contribution is 2.26. The van der Waals surface area contributed by atoms with Crippen LogP contribution in [0, 0.1) is 11.3 Å². The quantitative estimate of drug-likeness (QED) is 0.812. The predicted molar refractivity (Wildman–Crippen MR) is 84.9 cm³/mol. The van der Waals surface area contributed by atoms with E-state index in [0.29, 0.717) is 12.2 Å². The van der Waals surface area contributed by atoms with E-state index in [9.17, 15) is 0 Å². The van der Waals surface area contributed by atoms with Crippen molar-refractivity contribution in [2.45, 2.75) is 12.0 Å². The second kappa shape index (κ2) is 5.58. The van der Waals surface area contributed by atoms with Crippen molar-refractivity contribution in [1.82, 2.24) is 20.1 Å². The summed E-state index contributed by atoms with van der Waals surface area (Å²) in [6.45, 7) is 5.07. The maximum Gasteiger partial charge on any atom is 0.138 e. The largest absolute Gasteiger partial charge is 0.346 e. The third kappa shape index (κ3) is 2.14. The zero-order valence-corrected chi connectivity index (χ0v) is 12.4. The average Bonchev–Trinajstić information content (AvgIpc) is 3.13. The van der Waals surface area contributed by atoms with Gasteiger partial charge in [0.25, 0.3) is 0 Å². The molecule has 2 aromatic heterocycles. The molecule has 7 nitrogen and oxygen atoms in total. The second-order valence-corrected chi connectivity index (χ2v) is 5.31. The number of nitrogens with zero attached hydrogens (tertiary/aromatic N) is 5. The van der Waals surface area contributed by atoms with Crippen LogP contribution in [0.5, 0.6) is 0 Å². The van der Waals surface area contributed by atoms with Crippen LogP contribution in [0.1, 0.15) is 17.5 Å². The number of hydrogen-bond donors (Lipinski definition) is 2. The third-order valence-corrected chi connectivity index (χ3v) is 4.02. The third-order valence-electron chi connectivity index (χ3n) is 4.02. The van der Waals surface area contributed by atoms with Crippen molar-refractivity contribution in [3.05, 3.63) is 35.8 Å². The zero-order chi connectivity index (χ0) is 15.6. The van der Waals surface area contributed by atoms with Gasteiger partial charge in [-0.1, -0.05) is 0 Å². The highest BCUT2D eigenvalue weighted by molar-refractivity contribution is 6.15. The molecule has 0 saturated carbocycles. The summed E-state index contributed by atoms with van der Waals surface area (Å²) in [5.41, 5.74) is 2.34. The lowest BCUT2D eigenvalue weighted by molar-refractivity contribution is 0.160. The van der Waals surface area contributed by atoms with E-state index in [1.165, 1.54) is 0 Å². The van der Waals surface area contributed by atoms with Gasteiger partial charge >= 0.3 is 0 Å². The lowest BCUT2D eigenvalue weighted by atomic mass is 9.89. The smallest absolute Gasteiger partial charge is 0.138 e. The number of H-pyrrole nitrogens is 1. The minimum Gasteiger partial charge on any atom is -0.346 e. The molecular formula is C15H17N7. The SMILES string of the molecule is C=Nc1[nH]ccc1C(=NC)c1cnn(C2(CC#N)CNC2)c1. The molecule has 0 bridgehead atoms. The summed E-state index contributed by atoms with van der Waals surface area (Å²) in [7, 11) is 1.74. The van der Waals surface area contributed by atoms with Gasteiger partial charge in [-0.05, 0) is 12.8 Å². The van der Waals surface area contributed by atoms with E-state index in [2.05, 4.69) is 38.2 Å². The number of aromatic nitrogens is 3. The molecule has 0 atom stereocenters. The summed E-state index contributed by atoms with van der Waals surface area (Å²) in [4.78, 5) is 11.4. The predicted octanol–water partition coefficient (Wildman–Crippen LogP) is 1.22. The van der Waals surface area contributed by atoms with Crippen molar-refractivity contribution in [2.75, 3.05) is 20.1 Å². The average molecular weight is 295 g/mol. The van der Waals surface area contributed by atoms with Gasteiger partial charge in [0.05, 0.1) is 24.4 Å². The fourth-order valence-corrected chi connectivity index (χ4v) is 2.72. The van der Waals surface area contributed by atoms with Crippen molar-refractivity contribution in [3.63, 3.8) is 0 Å². The van der Waals surface area contributed by atoms with Gasteiger partial charge in [0.15, 0.2) is 0 Å². The van der Waals surface area contributed by atoms with Crippen LogP contribution in [0.15, 0.2) is 34.6 Å². The highest BCUT2D eigenvalue weighted by atomic mass is 15.4. The summed E-state index contributed by atoms with van der Waals surface area (Å²) in [5.74, 6) is 0.686. The summed E-state index contributed by atoms with van der Waals surface area (Å²) in [5, 5.41) is 16.7. The van der Waals surface area contributed by atoms with Gasteiger partial charge in [0.2, 0.25) is 0 Å². The van der Waals surface area contributed by atoms with Crippen LogP contribution in [0.3, 0.4) is 0 Å². The van der Waals surface area contributed by atoms with Crippen molar-refractivity contribution in [3.8, 4) is 6.07 Å². The fraction of sp³-hybridized carbons (Fsp3) is 0.333. The van der Waals surface area contributed by atoms with Gasteiger partial charge in [0, 0.05) is 43.7 Å². The maximum absolute atomic E-state index is 9.04. The van der Waals surface area contributed by atoms with Gasteiger partial charge < -0.3 is 10.3 Å². The molecule has 0 amide bonds. The zero-order valence-electron chi connectivity index (χ0n) is 12.4. The molecule has 1 aliphatic rings. The van der Waals surface area contributed by atoms with Gasteiger partial charge in [-0.15, -0.1) is 0 Å². The molecule has 3 rings (SSSR count). The summed E-state index contributed by atoms with van der Waals surface area (Å²) < 4.78 is 1.88. The van der Waals surface area contributed by atoms with Crippen LogP contribution in [-0.2, 0) is 5.54 Å². The molecule has 1 saturated heterocycles. The fourth-order valence-electron chi connectivity index (χ4n) is 2.72. The lowest BCUT2D eigenvalue weighted by Gasteiger charge is -2.41. The first-order valence-electron chi connectivity index (χ1n) is 6.98. The lowest BCUT2D eigenvalue weighted by Crippen LogP contribution is -2.60. The molecule has 112 valence electrons. The molecule has 1 fully saturated rings. The van der Waals surface area contributed by atoms with Gasteiger partial charge in [-0.25, -0.2) is 4.99 Å². The van der Waals surface area contributed by atoms with Crippen molar-refractivity contribution in [2.24, 2.45) is 9.98 Å². The Morgan fingerprint density at radius 3 is 3.00 bits per heavy atom. The molecule has 0 radical (unpaired) electrons. The molecule has 0 aliphatic carbocycles. The Morgan fingerprint density at radius 2 is 2.41 bits per heavy atom. The van der Waals surface area contributed by atoms with E-state index in [1.54, 1.807) is 13.2 Å². The van der Waals surface area contributed by atoms with E-state index in [1.807, 2.05) is 23.1 Å². The van der Waals surface area contributed by atoms with Crippen LogP contribution in [-0.4, -0.2) is 47.3 Å². The van der Waals surface area contributed by atoms with E-state index in [-0.39, 0.29) is 5.54 Å². The first-order chi connectivity index (χ1) is 10.7. The summed E-state index contributed by atoms with van der Waals surface area (Å²) in [6.07, 6.45) is 5.96. The minimum absolute atomic E-state index is 0.247. The highest BCUT2D eigenvalue weighted by Gasteiger charge is 2.39. The van der Waals surface area contributed by atoms with Gasteiger partial charge in [-0.3, -0.25) is 9.67 Å². The van der Waals surface area contributed by atoms with E-state index < -0.39 is 0 Å². The van der Waals surface area contributed by atoms with E-state index in [4.69, 9.17) is 5.26 Å². The Labute approximate surface area is 128 Å². The molecule has 0 aromatic carbocycles. The monoisotopic (exact) mass is 295 g/mol. The number of nitrogens with one attached hydrogen (secondary N) is 2. The first kappa shape index (κ1) is 14.2. The van der Waals surface area contributed by atoms with Crippen molar-refractivity contribution >= 4 is 18.2 Å². The Bertz CT molecular complexity index is 755. The molecule has 0 spiro atoms. The van der Waals surface area contributed by atoms with Crippen molar-refractivity contribution in [1.29, 1.82) is 5.26 Å². The molecule has 2 N–H and O–H groups in total. The number of rotatable bonds is 5. The van der Waals surface area contributed by atoms with Gasteiger partial charge in [0.1, 0.15) is 11.4 Å². The maximum atomic E-state index is 9.04. The molecule has 22 heavy (non-hydrogen) atoms. The molecule has 2 aromatic rings. The Balaban J connectivity index is 1.96. The topological polar surface area (TPSA) is 94.2 Å². The summed E-state index contributed by atoms with van der Waals surface area (Å²) >= 11 is 0. The molecule has 7 heteroatoms. The Kier molecular flexibility index (Phi) is 3.61. The van der Waals surface area contributed by atoms with Gasteiger partial charge in [-0.2, -0.15) is 10.4 Å². The number of nitriles is 1. The van der Waals surface area contributed by atoms with Crippen LogP contribution < -0.4 is 5.32 Å². The van der Waals surface area contributed by atoms with Crippen LogP contribution >= 0.6 is 0 Å². The number of hydrogen-bond acceptors (Lipinski definition) is 5. The number of aromatic amines is 1. The number of aliphatic imine (C=N–C) groups is 2. The first-order valence-corrected chi connectivity index (χ1v) is 6.98. The molecule has 1 aliphatic heterocycles. The van der Waals surface area contributed by atoms with Crippen LogP contribution in [0.25, 0.3) is 0 Å². The second-order valence-electron chi connectivity index (χ2n) is 5.31. The summed E-state index contributed by atoms with van der Waals surface area (Å²) in [6, 6.07) is 4.16. The molecule has 0 unspecified atom stereocenters. The standard InChI is InChI=1S/C15H17N7/c1-17-13(12-3-6-20-14(12)18-2)11-7-21-22(8-11)15(4-5-16)9-19-10-15/h3,6-8,19-20H,2,4,9-10H2,1H3. The van der Waals surface area contributed by atoms with Crippen molar-refractivity contribution < 1.29 is 0 Å². The molecule has 3 heterocycles. The Hall–Kier alpha value is -2.72. The normalized spacial score (nSPS) is 16.8. The van der Waals surface area contributed by atoms with E-state index >= 15 is 0 Å². The minimum atomic E-state index is -0.247. The Morgan fingerprint density at radius 1 is 1.59 bits per heavy atom.